The van der Waals surface area contributed by atoms with Crippen molar-refractivity contribution in [1.82, 2.24) is 0 Å². The van der Waals surface area contributed by atoms with Crippen LogP contribution in [0.15, 0.2) is 12.2 Å². The first-order chi connectivity index (χ1) is 6.42. The summed E-state index contributed by atoms with van der Waals surface area (Å²) >= 11 is 0. The molecular weight excluding hydrogens is 214 g/mol. The van der Waals surface area contributed by atoms with Crippen LogP contribution in [-0.4, -0.2) is 21.3 Å². The van der Waals surface area contributed by atoms with Gasteiger partial charge in [-0.1, -0.05) is 6.42 Å². The molecule has 3 nitrogen and oxygen atoms in total. The maximum absolute atomic E-state index is 11.5. The molecule has 14 heavy (non-hydrogen) atoms. The summed E-state index contributed by atoms with van der Waals surface area (Å²) < 4.78 is 48.5. The van der Waals surface area contributed by atoms with Crippen molar-refractivity contribution in [2.75, 3.05) is 12.9 Å². The summed E-state index contributed by atoms with van der Waals surface area (Å²) in [6.07, 6.45) is 2.35. The summed E-state index contributed by atoms with van der Waals surface area (Å²) in [4.78, 5) is 0. The minimum atomic E-state index is -3.36. The van der Waals surface area contributed by atoms with Gasteiger partial charge in [0.25, 0.3) is 16.2 Å². The molecule has 0 heterocycles. The van der Waals surface area contributed by atoms with Crippen LogP contribution in [0, 0.1) is 0 Å². The second kappa shape index (κ2) is 6.89. The van der Waals surface area contributed by atoms with Gasteiger partial charge in [-0.15, -0.1) is 0 Å². The van der Waals surface area contributed by atoms with E-state index in [9.17, 15) is 17.2 Å². The van der Waals surface area contributed by atoms with Gasteiger partial charge in [0.2, 0.25) is 0 Å². The van der Waals surface area contributed by atoms with E-state index in [2.05, 4.69) is 4.18 Å². The predicted molar refractivity (Wildman–Crippen MR) is 49.6 cm³/mol. The fourth-order valence-electron chi connectivity index (χ4n) is 0.845. The Hall–Kier alpha value is -0.490. The first-order valence-corrected chi connectivity index (χ1v) is 6.09. The highest BCUT2D eigenvalue weighted by Crippen LogP contribution is 2.05. The first-order valence-electron chi connectivity index (χ1n) is 4.27. The lowest BCUT2D eigenvalue weighted by Gasteiger charge is -1.99. The number of halogens is 2. The van der Waals surface area contributed by atoms with Crippen LogP contribution < -0.4 is 0 Å². The van der Waals surface area contributed by atoms with E-state index in [1.54, 1.807) is 0 Å². The van der Waals surface area contributed by atoms with Crippen molar-refractivity contribution in [2.45, 2.75) is 25.7 Å². The number of hydrogen-bond acceptors (Lipinski definition) is 3. The zero-order chi connectivity index (χ0) is 11.0. The molecular formula is C8H14F2O3S. The normalized spacial score (nSPS) is 11.4. The van der Waals surface area contributed by atoms with Crippen LogP contribution in [0.1, 0.15) is 25.7 Å². The van der Waals surface area contributed by atoms with Crippen molar-refractivity contribution in [3.8, 4) is 0 Å². The van der Waals surface area contributed by atoms with E-state index in [1.807, 2.05) is 0 Å². The molecule has 0 saturated carbocycles. The largest absolute Gasteiger partial charge is 0.270 e. The molecule has 0 aromatic carbocycles. The minimum Gasteiger partial charge on any atom is -0.270 e. The van der Waals surface area contributed by atoms with Gasteiger partial charge in [0.05, 0.1) is 12.9 Å². The third-order valence-electron chi connectivity index (χ3n) is 1.44. The third kappa shape index (κ3) is 11.5. The molecule has 0 spiro atoms. The molecule has 0 amide bonds. The fraction of sp³-hybridized carbons (Fsp3) is 0.750. The van der Waals surface area contributed by atoms with Gasteiger partial charge in [0, 0.05) is 0 Å². The molecule has 0 unspecified atom stereocenters. The number of hydrogen-bond donors (Lipinski definition) is 0. The molecule has 6 heteroatoms. The molecule has 0 aromatic rings. The summed E-state index contributed by atoms with van der Waals surface area (Å²) in [5.41, 5.74) is 0. The van der Waals surface area contributed by atoms with E-state index in [-0.39, 0.29) is 6.61 Å². The Balaban J connectivity index is 3.27. The van der Waals surface area contributed by atoms with Gasteiger partial charge in [0.15, 0.2) is 0 Å². The maximum Gasteiger partial charge on any atom is 0.266 e. The van der Waals surface area contributed by atoms with Crippen molar-refractivity contribution < 1.29 is 21.4 Å². The Morgan fingerprint density at radius 2 is 1.93 bits per heavy atom. The second-order valence-electron chi connectivity index (χ2n) is 2.87. The number of unbranched alkanes of at least 4 members (excludes halogenated alkanes) is 3. The summed E-state index contributed by atoms with van der Waals surface area (Å²) in [6, 6.07) is 0. The molecule has 0 aliphatic rings. The standard InChI is InChI=1S/C8H14F2O3S/c1-14(11,12)13-7-5-3-2-4-6-8(9)10/h6H,2-5,7H2,1H3. The smallest absolute Gasteiger partial charge is 0.266 e. The van der Waals surface area contributed by atoms with E-state index in [1.165, 1.54) is 0 Å². The Morgan fingerprint density at radius 1 is 1.29 bits per heavy atom. The second-order valence-corrected chi connectivity index (χ2v) is 4.51. The van der Waals surface area contributed by atoms with Crippen LogP contribution in [0.4, 0.5) is 8.78 Å². The van der Waals surface area contributed by atoms with Gasteiger partial charge in [0.1, 0.15) is 0 Å². The highest BCUT2D eigenvalue weighted by Gasteiger charge is 1.99. The first kappa shape index (κ1) is 13.5. The Labute approximate surface area is 82.9 Å². The van der Waals surface area contributed by atoms with E-state index >= 15 is 0 Å². The zero-order valence-electron chi connectivity index (χ0n) is 8.00. The van der Waals surface area contributed by atoms with Crippen molar-refractivity contribution in [2.24, 2.45) is 0 Å². The van der Waals surface area contributed by atoms with E-state index in [0.29, 0.717) is 25.7 Å². The van der Waals surface area contributed by atoms with E-state index in [4.69, 9.17) is 0 Å². The van der Waals surface area contributed by atoms with Gasteiger partial charge in [-0.05, 0) is 25.3 Å². The van der Waals surface area contributed by atoms with Gasteiger partial charge < -0.3 is 0 Å². The number of allylic oxidation sites excluding steroid dienone is 1. The highest BCUT2D eigenvalue weighted by atomic mass is 32.2. The zero-order valence-corrected chi connectivity index (χ0v) is 8.82. The lowest BCUT2D eigenvalue weighted by Crippen LogP contribution is -2.03. The predicted octanol–water partition coefficient (Wildman–Crippen LogP) is 2.30. The van der Waals surface area contributed by atoms with Crippen LogP contribution >= 0.6 is 0 Å². The summed E-state index contributed by atoms with van der Waals surface area (Å²) in [7, 11) is -3.36. The molecule has 84 valence electrons. The fourth-order valence-corrected chi connectivity index (χ4v) is 1.27. The molecule has 0 saturated heterocycles. The van der Waals surface area contributed by atoms with Crippen molar-refractivity contribution in [3.63, 3.8) is 0 Å². The van der Waals surface area contributed by atoms with Crippen LogP contribution in [0.25, 0.3) is 0 Å². The monoisotopic (exact) mass is 228 g/mol. The summed E-state index contributed by atoms with van der Waals surface area (Å²) in [5, 5.41) is 0. The molecule has 0 aliphatic heterocycles. The van der Waals surface area contributed by atoms with Gasteiger partial charge >= 0.3 is 0 Å². The van der Waals surface area contributed by atoms with Gasteiger partial charge in [-0.3, -0.25) is 4.18 Å². The molecule has 0 radical (unpaired) electrons. The molecule has 0 atom stereocenters. The van der Waals surface area contributed by atoms with Crippen LogP contribution in [0.5, 0.6) is 0 Å². The third-order valence-corrected chi connectivity index (χ3v) is 2.04. The van der Waals surface area contributed by atoms with E-state index < -0.39 is 16.2 Å². The maximum atomic E-state index is 11.5. The van der Waals surface area contributed by atoms with Crippen molar-refractivity contribution >= 4 is 10.1 Å². The van der Waals surface area contributed by atoms with Gasteiger partial charge in [-0.25, -0.2) is 0 Å². The molecule has 0 bridgehead atoms. The summed E-state index contributed by atoms with van der Waals surface area (Å²) in [6.45, 7) is 0.126. The van der Waals surface area contributed by atoms with Crippen molar-refractivity contribution in [1.29, 1.82) is 0 Å². The Bertz CT molecular complexity index is 268. The average Bonchev–Trinajstić information content (AvgIpc) is 2.00. The van der Waals surface area contributed by atoms with Crippen LogP contribution in [0.3, 0.4) is 0 Å². The molecule has 0 fully saturated rings. The Morgan fingerprint density at radius 3 is 2.43 bits per heavy atom. The molecule has 0 N–H and O–H groups in total. The van der Waals surface area contributed by atoms with Gasteiger partial charge in [-0.2, -0.15) is 17.2 Å². The minimum absolute atomic E-state index is 0.126. The molecule has 0 aliphatic carbocycles. The lowest BCUT2D eigenvalue weighted by molar-refractivity contribution is 0.310. The molecule has 0 rings (SSSR count). The SMILES string of the molecule is CS(=O)(=O)OCCCCCC=C(F)F. The van der Waals surface area contributed by atoms with Crippen LogP contribution in [0.2, 0.25) is 0 Å². The van der Waals surface area contributed by atoms with E-state index in [0.717, 1.165) is 12.3 Å². The number of rotatable bonds is 7. The lowest BCUT2D eigenvalue weighted by atomic mass is 10.2. The average molecular weight is 228 g/mol. The topological polar surface area (TPSA) is 43.4 Å². The molecule has 0 aromatic heterocycles. The summed E-state index contributed by atoms with van der Waals surface area (Å²) in [5.74, 6) is 0. The highest BCUT2D eigenvalue weighted by molar-refractivity contribution is 7.85. The Kier molecular flexibility index (Phi) is 6.65. The van der Waals surface area contributed by atoms with Crippen molar-refractivity contribution in [3.05, 3.63) is 12.2 Å². The van der Waals surface area contributed by atoms with Crippen LogP contribution in [-0.2, 0) is 14.3 Å². The quantitative estimate of drug-likeness (QED) is 0.496.